The minimum Gasteiger partial charge on any atom is -0.394 e. The number of aliphatic hydroxyl groups excluding tert-OH is 34. The van der Waals surface area contributed by atoms with E-state index >= 15 is 0 Å². The summed E-state index contributed by atoms with van der Waals surface area (Å²) in [5.74, 6) is 0. The molecular formula is C76H126O60. The zero-order valence-corrected chi connectivity index (χ0v) is 71.9. The molecule has 0 aromatic carbocycles. The molecule has 44 fully saturated rings. The van der Waals surface area contributed by atoms with Gasteiger partial charge in [0.25, 0.3) is 0 Å². The lowest BCUT2D eigenvalue weighted by Gasteiger charge is -2.50. The predicted molar refractivity (Wildman–Crippen MR) is 408 cm³/mol. The van der Waals surface area contributed by atoms with E-state index in [1.807, 2.05) is 0 Å². The molecule has 34 N–H and O–H groups in total. The molecule has 44 heterocycles. The van der Waals surface area contributed by atoms with E-state index in [4.69, 9.17) is 123 Å². The van der Waals surface area contributed by atoms with Crippen LogP contribution in [-0.4, -0.2) is 634 Å². The van der Waals surface area contributed by atoms with Crippen molar-refractivity contribution in [3.8, 4) is 0 Å². The van der Waals surface area contributed by atoms with Gasteiger partial charge in [-0.05, 0) is 6.42 Å². The van der Waals surface area contributed by atoms with Crippen LogP contribution in [-0.2, 0) is 123 Å². The summed E-state index contributed by atoms with van der Waals surface area (Å²) in [5, 5.41) is 388. The van der Waals surface area contributed by atoms with Gasteiger partial charge in [-0.25, -0.2) is 0 Å². The minimum atomic E-state index is -2.43. The van der Waals surface area contributed by atoms with Gasteiger partial charge in [0, 0.05) is 0 Å². The van der Waals surface area contributed by atoms with Crippen molar-refractivity contribution in [2.45, 2.75) is 388 Å². The van der Waals surface area contributed by atoms with Crippen LogP contribution < -0.4 is 0 Å². The SMILES string of the molecule is CCC1OC2OC3C(CO)OC(OC4C(CO)OC(OC5C(COCC(O)COCC6OC7OC8C(CO)OC(OC9C(CO)OC(OC%10C(CO)OC(OC%11C(CO)OC(OC%12C(CO)OC(OC6C(O)C7O)C(O)C%12O)C(O)C%11O)C(O)C%10O)C(O)C9O)C(O)C8O)OC(OC6C(CO)OC(OC7C(CO)OC(OC1C(O)C2O)C(O)C7O)C(O)C6O)C(O)C5O)C(O)C4O)C(O)C3O. The molecule has 0 aliphatic carbocycles. The van der Waals surface area contributed by atoms with Gasteiger partial charge < -0.3 is 297 Å². The highest BCUT2D eigenvalue weighted by Crippen LogP contribution is 2.44. The Morgan fingerprint density at radius 2 is 0.272 bits per heavy atom. The fourth-order valence-corrected chi connectivity index (χ4v) is 18.7. The van der Waals surface area contributed by atoms with Crippen LogP contribution in [0.2, 0.25) is 0 Å². The Bertz CT molecular complexity index is 3360. The van der Waals surface area contributed by atoms with Crippen LogP contribution in [0.3, 0.4) is 0 Å². The summed E-state index contributed by atoms with van der Waals surface area (Å²) in [6.07, 6.45) is -129. The van der Waals surface area contributed by atoms with Gasteiger partial charge in [0.05, 0.1) is 92.0 Å². The first kappa shape index (κ1) is 109. The molecule has 44 aliphatic heterocycles. The second kappa shape index (κ2) is 47.2. The highest BCUT2D eigenvalue weighted by molar-refractivity contribution is 5.06. The molecule has 60 heteroatoms. The third-order valence-corrected chi connectivity index (χ3v) is 26.4. The van der Waals surface area contributed by atoms with Gasteiger partial charge in [0.1, 0.15) is 293 Å². The molecule has 44 saturated heterocycles. The highest BCUT2D eigenvalue weighted by atomic mass is 16.8. The Hall–Kier alpha value is -2.40. The van der Waals surface area contributed by atoms with E-state index in [1.54, 1.807) is 0 Å². The molecule has 136 heavy (non-hydrogen) atoms. The molecular weight excluding hydrogens is 1870 g/mol. The second-order valence-electron chi connectivity index (χ2n) is 35.3. The smallest absolute Gasteiger partial charge is 0.187 e. The molecule has 61 atom stereocenters. The normalized spacial score (nSPS) is 54.5. The second-order valence-corrected chi connectivity index (χ2v) is 35.3. The lowest BCUT2D eigenvalue weighted by molar-refractivity contribution is -0.404. The summed E-state index contributed by atoms with van der Waals surface area (Å²) in [5.41, 5.74) is 0. The highest BCUT2D eigenvalue weighted by Gasteiger charge is 2.64. The molecule has 790 valence electrons. The van der Waals surface area contributed by atoms with Gasteiger partial charge >= 0.3 is 0 Å². The van der Waals surface area contributed by atoms with E-state index in [-0.39, 0.29) is 6.42 Å². The van der Waals surface area contributed by atoms with Crippen molar-refractivity contribution in [1.29, 1.82) is 0 Å². The summed E-state index contributed by atoms with van der Waals surface area (Å²) in [4.78, 5) is 0. The van der Waals surface area contributed by atoms with Crippen LogP contribution in [0, 0.1) is 0 Å². The quantitative estimate of drug-likeness (QED) is 0.0606. The van der Waals surface area contributed by atoms with E-state index < -0.39 is 460 Å². The Balaban J connectivity index is 0.706. The van der Waals surface area contributed by atoms with Crippen molar-refractivity contribution in [2.24, 2.45) is 0 Å². The number of hydrogen-bond donors (Lipinski definition) is 34. The van der Waals surface area contributed by atoms with Crippen LogP contribution in [0.5, 0.6) is 0 Å². The van der Waals surface area contributed by atoms with Crippen molar-refractivity contribution >= 4 is 0 Å². The van der Waals surface area contributed by atoms with Gasteiger partial charge in [-0.1, -0.05) is 6.92 Å². The molecule has 61 unspecified atom stereocenters. The molecule has 0 aromatic rings. The van der Waals surface area contributed by atoms with Crippen LogP contribution in [0.4, 0.5) is 0 Å². The van der Waals surface area contributed by atoms with E-state index in [1.165, 1.54) is 6.92 Å². The molecule has 24 bridgehead atoms. The van der Waals surface area contributed by atoms with E-state index in [0.29, 0.717) is 0 Å². The number of aliphatic hydroxyl groups is 34. The zero-order valence-electron chi connectivity index (χ0n) is 71.9. The summed E-state index contributed by atoms with van der Waals surface area (Å²) in [6.45, 7) is -12.5. The third kappa shape index (κ3) is 22.3. The number of hydrogen-bond acceptors (Lipinski definition) is 60. The fourth-order valence-electron chi connectivity index (χ4n) is 18.7. The number of rotatable bonds is 18. The van der Waals surface area contributed by atoms with Crippen LogP contribution in [0.25, 0.3) is 0 Å². The summed E-state index contributed by atoms with van der Waals surface area (Å²) in [6, 6.07) is 0. The molecule has 0 radical (unpaired) electrons. The largest absolute Gasteiger partial charge is 0.394 e. The maximum absolute atomic E-state index is 12.1. The number of ether oxygens (including phenoxy) is 26. The molecule has 44 rings (SSSR count). The van der Waals surface area contributed by atoms with Gasteiger partial charge in [-0.15, -0.1) is 0 Å². The van der Waals surface area contributed by atoms with E-state index in [9.17, 15) is 174 Å². The van der Waals surface area contributed by atoms with Gasteiger partial charge in [0.15, 0.2) is 75.5 Å². The topological polar surface area (TPSA) is 928 Å². The van der Waals surface area contributed by atoms with Crippen LogP contribution in [0.15, 0.2) is 0 Å². The molecule has 0 amide bonds. The van der Waals surface area contributed by atoms with E-state index in [0.717, 1.165) is 0 Å². The zero-order chi connectivity index (χ0) is 98.5. The average molecular weight is 2000 g/mol. The first-order chi connectivity index (χ1) is 64.8. The Morgan fingerprint density at radius 3 is 0.397 bits per heavy atom. The summed E-state index contributed by atoms with van der Waals surface area (Å²) < 4.78 is 153. The first-order valence-electron chi connectivity index (χ1n) is 44.2. The van der Waals surface area contributed by atoms with Crippen molar-refractivity contribution in [1.82, 2.24) is 0 Å². The molecule has 0 aromatic heterocycles. The Kier molecular flexibility index (Phi) is 37.9. The Labute approximate surface area is 768 Å². The maximum atomic E-state index is 12.1. The van der Waals surface area contributed by atoms with Crippen molar-refractivity contribution < 1.29 is 297 Å². The van der Waals surface area contributed by atoms with Gasteiger partial charge in [-0.3, -0.25) is 0 Å². The molecule has 0 spiro atoms. The van der Waals surface area contributed by atoms with Crippen molar-refractivity contribution in [3.63, 3.8) is 0 Å². The predicted octanol–water partition coefficient (Wildman–Crippen LogP) is -24.3. The monoisotopic (exact) mass is 2000 g/mol. The lowest BCUT2D eigenvalue weighted by atomic mass is 9.94. The fraction of sp³-hybridized carbons (Fsp3) is 1.00. The minimum absolute atomic E-state index is 0.0908. The Morgan fingerprint density at radius 1 is 0.162 bits per heavy atom. The standard InChI is InChI=1S/C76H126O60/c1-2-17-53-29(87)41(99)65(113-17)126-54-18(3-77)115-67(43(101)31(54)89)131-59-23(8-82)121-73(49(107)37(59)95)135-63-27(123-75(51(109)39(63)97)133-61-25(10-84)119-71(47(105)35(61)93)127-55-19(4-78)114-66(125-53)42(100)30(55)88)14-111-12-16(86)13-112-15-28-64-40(98)52(110)76(124-28)134-62-26(11-85)120-72(48(106)36(62)94)130-58-22(7-81)117-69(45(103)33(58)91)128-56-20(5-79)116-68(44(102)32(56)90)129-57-21(6-80)118-70(46(104)34(57)92)132-60-24(9-83)122-74(136-64)50(108)38(60)96/h16-110H,2-15H2,1H3. The van der Waals surface area contributed by atoms with Gasteiger partial charge in [-0.2, -0.15) is 0 Å². The summed E-state index contributed by atoms with van der Waals surface area (Å²) >= 11 is 0. The molecule has 60 nitrogen and oxygen atoms in total. The summed E-state index contributed by atoms with van der Waals surface area (Å²) in [7, 11) is 0. The first-order valence-corrected chi connectivity index (χ1v) is 44.2. The molecule has 0 saturated carbocycles. The van der Waals surface area contributed by atoms with Gasteiger partial charge in [0.2, 0.25) is 0 Å². The average Bonchev–Trinajstić information content (AvgIpc) is 0.764. The van der Waals surface area contributed by atoms with Crippen LogP contribution >= 0.6 is 0 Å². The third-order valence-electron chi connectivity index (χ3n) is 26.4. The van der Waals surface area contributed by atoms with Crippen molar-refractivity contribution in [3.05, 3.63) is 0 Å². The van der Waals surface area contributed by atoms with E-state index in [2.05, 4.69) is 0 Å². The maximum Gasteiger partial charge on any atom is 0.187 e. The van der Waals surface area contributed by atoms with Crippen molar-refractivity contribution in [2.75, 3.05) is 85.9 Å². The molecule has 44 aliphatic rings. The van der Waals surface area contributed by atoms with Crippen LogP contribution in [0.1, 0.15) is 13.3 Å². The lowest BCUT2D eigenvalue weighted by Crippen LogP contribution is -2.69.